The fraction of sp³-hybridized carbons (Fsp3) is 0.375. The molecule has 0 saturated carbocycles. The van der Waals surface area contributed by atoms with E-state index in [4.69, 9.17) is 0 Å². The Balaban J connectivity index is 1.15. The molecule has 2 aliphatic rings. The van der Waals surface area contributed by atoms with Crippen LogP contribution in [0.1, 0.15) is 5.69 Å². The zero-order valence-corrected chi connectivity index (χ0v) is 19.5. The first kappa shape index (κ1) is 23.0. The van der Waals surface area contributed by atoms with E-state index in [0.717, 1.165) is 40.6 Å². The van der Waals surface area contributed by atoms with Gasteiger partial charge in [-0.1, -0.05) is 6.58 Å². The molecule has 0 radical (unpaired) electrons. The maximum Gasteiger partial charge on any atom is 0.251 e. The minimum Gasteiger partial charge on any atom is -0.391 e. The zero-order valence-electron chi connectivity index (χ0n) is 18.7. The second kappa shape index (κ2) is 9.83. The molecule has 3 aromatic rings. The number of nitrogens with one attached hydrogen (secondary N) is 2. The van der Waals surface area contributed by atoms with E-state index in [2.05, 4.69) is 38.1 Å². The van der Waals surface area contributed by atoms with Crippen LogP contribution in [-0.2, 0) is 13.1 Å². The first-order valence-electron chi connectivity index (χ1n) is 11.3. The number of pyridine rings is 3. The van der Waals surface area contributed by atoms with Gasteiger partial charge in [-0.15, -0.1) is 11.8 Å². The Labute approximate surface area is 200 Å². The standard InChI is InChI=1S/C24H27FN6O2S/c1-15-14-34-22-4-2-18(29-24(22)28-15)11-26-9-16-12-30(13-21(16)32)6-7-31-20-8-17(25)10-27-19(20)3-5-23(31)33/h2-5,8,10,16,21,26,32H,1,6-7,9,11-14H2,(H,28,29). The lowest BCUT2D eigenvalue weighted by molar-refractivity contribution is 0.140. The molecule has 0 amide bonds. The first-order valence-corrected chi connectivity index (χ1v) is 12.3. The van der Waals surface area contributed by atoms with Gasteiger partial charge in [0.15, 0.2) is 0 Å². The van der Waals surface area contributed by atoms with E-state index in [1.54, 1.807) is 22.4 Å². The number of likely N-dealkylation sites (tertiary alicyclic amines) is 1. The molecule has 5 rings (SSSR count). The third kappa shape index (κ3) is 5.00. The quantitative estimate of drug-likeness (QED) is 0.471. The van der Waals surface area contributed by atoms with Crippen molar-refractivity contribution in [1.29, 1.82) is 0 Å². The van der Waals surface area contributed by atoms with Gasteiger partial charge in [-0.25, -0.2) is 9.37 Å². The normalized spacial score (nSPS) is 20.5. The summed E-state index contributed by atoms with van der Waals surface area (Å²) >= 11 is 1.73. The van der Waals surface area contributed by atoms with Gasteiger partial charge in [-0.05, 0) is 18.2 Å². The van der Waals surface area contributed by atoms with Crippen LogP contribution in [0.4, 0.5) is 10.2 Å². The van der Waals surface area contributed by atoms with E-state index in [9.17, 15) is 14.3 Å². The molecular formula is C24H27FN6O2S. The predicted octanol–water partition coefficient (Wildman–Crippen LogP) is 2.04. The number of halogens is 1. The minimum atomic E-state index is -0.470. The predicted molar refractivity (Wildman–Crippen MR) is 131 cm³/mol. The third-order valence-corrected chi connectivity index (χ3v) is 7.39. The van der Waals surface area contributed by atoms with Gasteiger partial charge >= 0.3 is 0 Å². The molecule has 3 N–H and O–H groups in total. The summed E-state index contributed by atoms with van der Waals surface area (Å²) in [6.45, 7) is 7.49. The summed E-state index contributed by atoms with van der Waals surface area (Å²) in [6, 6.07) is 8.50. The number of nitrogens with zero attached hydrogens (tertiary/aromatic N) is 4. The second-order valence-corrected chi connectivity index (χ2v) is 9.78. The molecule has 10 heteroatoms. The highest BCUT2D eigenvalue weighted by molar-refractivity contribution is 7.99. The highest BCUT2D eigenvalue weighted by Gasteiger charge is 2.30. The van der Waals surface area contributed by atoms with Crippen molar-refractivity contribution in [3.63, 3.8) is 0 Å². The molecule has 3 aromatic heterocycles. The number of β-amino-alcohol motifs (C(OH)–C–C–N with tert-alkyl or cyclic N) is 1. The number of hydrogen-bond donors (Lipinski definition) is 3. The first-order chi connectivity index (χ1) is 16.5. The molecule has 2 unspecified atom stereocenters. The van der Waals surface area contributed by atoms with Gasteiger partial charge in [0.1, 0.15) is 11.6 Å². The van der Waals surface area contributed by atoms with Crippen LogP contribution in [0.3, 0.4) is 0 Å². The lowest BCUT2D eigenvalue weighted by atomic mass is 10.1. The number of aliphatic hydroxyl groups is 1. The number of anilines is 1. The number of aliphatic hydroxyl groups excluding tert-OH is 1. The van der Waals surface area contributed by atoms with Crippen molar-refractivity contribution in [2.24, 2.45) is 5.92 Å². The van der Waals surface area contributed by atoms with Gasteiger partial charge in [0.2, 0.25) is 0 Å². The topological polar surface area (TPSA) is 95.3 Å². The Kier molecular flexibility index (Phi) is 6.64. The van der Waals surface area contributed by atoms with Crippen molar-refractivity contribution in [2.45, 2.75) is 24.1 Å². The van der Waals surface area contributed by atoms with Crippen molar-refractivity contribution in [2.75, 3.05) is 37.2 Å². The number of rotatable bonds is 7. The molecule has 0 spiro atoms. The monoisotopic (exact) mass is 482 g/mol. The Hall–Kier alpha value is -2.79. The van der Waals surface area contributed by atoms with Crippen LogP contribution in [0.25, 0.3) is 11.0 Å². The molecule has 178 valence electrons. The van der Waals surface area contributed by atoms with Crippen LogP contribution in [0.5, 0.6) is 0 Å². The zero-order chi connectivity index (χ0) is 23.7. The highest BCUT2D eigenvalue weighted by Crippen LogP contribution is 2.32. The van der Waals surface area contributed by atoms with Gasteiger partial charge in [-0.2, -0.15) is 0 Å². The number of fused-ring (bicyclic) bond motifs is 2. The van der Waals surface area contributed by atoms with Crippen molar-refractivity contribution < 1.29 is 9.50 Å². The SMILES string of the molecule is C=C1CSc2ccc(CNCC3CN(CCn4c(=O)ccc5ncc(F)cc54)CC3O)nc2N1. The second-order valence-electron chi connectivity index (χ2n) is 8.77. The average Bonchev–Trinajstić information content (AvgIpc) is 3.17. The molecule has 0 bridgehead atoms. The van der Waals surface area contributed by atoms with Gasteiger partial charge in [0, 0.05) is 68.8 Å². The van der Waals surface area contributed by atoms with Crippen LogP contribution in [0, 0.1) is 11.7 Å². The van der Waals surface area contributed by atoms with E-state index in [1.807, 2.05) is 6.07 Å². The largest absolute Gasteiger partial charge is 0.391 e. The molecule has 0 aromatic carbocycles. The van der Waals surface area contributed by atoms with E-state index >= 15 is 0 Å². The Morgan fingerprint density at radius 1 is 1.26 bits per heavy atom. The summed E-state index contributed by atoms with van der Waals surface area (Å²) in [5.41, 5.74) is 2.77. The van der Waals surface area contributed by atoms with Gasteiger partial charge in [0.25, 0.3) is 5.56 Å². The van der Waals surface area contributed by atoms with Crippen molar-refractivity contribution in [3.8, 4) is 0 Å². The molecular weight excluding hydrogens is 455 g/mol. The van der Waals surface area contributed by atoms with Gasteiger partial charge in [-0.3, -0.25) is 14.7 Å². The van der Waals surface area contributed by atoms with Crippen LogP contribution in [0.15, 0.2) is 58.5 Å². The van der Waals surface area contributed by atoms with E-state index < -0.39 is 11.9 Å². The van der Waals surface area contributed by atoms with Crippen LogP contribution < -0.4 is 16.2 Å². The van der Waals surface area contributed by atoms with Crippen molar-refractivity contribution in [3.05, 3.63) is 70.7 Å². The minimum absolute atomic E-state index is 0.0782. The molecule has 5 heterocycles. The molecule has 0 aliphatic carbocycles. The van der Waals surface area contributed by atoms with Gasteiger partial charge < -0.3 is 20.3 Å². The van der Waals surface area contributed by atoms with Gasteiger partial charge in [0.05, 0.1) is 33.9 Å². The lowest BCUT2D eigenvalue weighted by Crippen LogP contribution is -2.31. The Morgan fingerprint density at radius 3 is 3.03 bits per heavy atom. The van der Waals surface area contributed by atoms with E-state index in [1.165, 1.54) is 12.1 Å². The molecule has 2 aliphatic heterocycles. The van der Waals surface area contributed by atoms with Crippen molar-refractivity contribution >= 4 is 28.6 Å². The van der Waals surface area contributed by atoms with Crippen LogP contribution in [-0.4, -0.2) is 62.6 Å². The summed E-state index contributed by atoms with van der Waals surface area (Å²) in [4.78, 5) is 24.4. The average molecular weight is 483 g/mol. The molecule has 1 saturated heterocycles. The maximum atomic E-state index is 13.7. The fourth-order valence-corrected chi connectivity index (χ4v) is 5.28. The number of thioether (sulfide) groups is 1. The Bertz CT molecular complexity index is 1280. The van der Waals surface area contributed by atoms with Crippen LogP contribution >= 0.6 is 11.8 Å². The highest BCUT2D eigenvalue weighted by atomic mass is 32.2. The summed E-state index contributed by atoms with van der Waals surface area (Å²) < 4.78 is 15.2. The maximum absolute atomic E-state index is 13.7. The summed E-state index contributed by atoms with van der Waals surface area (Å²) in [6.07, 6.45) is 0.700. The summed E-state index contributed by atoms with van der Waals surface area (Å²) in [5.74, 6) is 1.31. The summed E-state index contributed by atoms with van der Waals surface area (Å²) in [7, 11) is 0. The lowest BCUT2D eigenvalue weighted by Gasteiger charge is -2.19. The Morgan fingerprint density at radius 2 is 2.15 bits per heavy atom. The van der Waals surface area contributed by atoms with Crippen LogP contribution in [0.2, 0.25) is 0 Å². The fourth-order valence-electron chi connectivity index (χ4n) is 4.48. The molecule has 8 nitrogen and oxygen atoms in total. The van der Waals surface area contributed by atoms with Crippen molar-refractivity contribution in [1.82, 2.24) is 24.8 Å². The number of hydrogen-bond acceptors (Lipinski definition) is 8. The molecule has 2 atom stereocenters. The molecule has 34 heavy (non-hydrogen) atoms. The smallest absolute Gasteiger partial charge is 0.251 e. The third-order valence-electron chi connectivity index (χ3n) is 6.25. The van der Waals surface area contributed by atoms with E-state index in [0.29, 0.717) is 43.8 Å². The summed E-state index contributed by atoms with van der Waals surface area (Å²) in [5, 5.41) is 17.2. The molecule has 1 fully saturated rings. The number of aromatic nitrogens is 3. The van der Waals surface area contributed by atoms with E-state index in [-0.39, 0.29) is 11.5 Å².